The van der Waals surface area contributed by atoms with Crippen LogP contribution < -0.4 is 10.9 Å². The molecule has 1 unspecified atom stereocenters. The van der Waals surface area contributed by atoms with Gasteiger partial charge in [0.15, 0.2) is 10.8 Å². The van der Waals surface area contributed by atoms with Gasteiger partial charge in [-0.2, -0.15) is 5.10 Å². The summed E-state index contributed by atoms with van der Waals surface area (Å²) in [6.07, 6.45) is 3.66. The number of nitrogens with zero attached hydrogens (tertiary/aromatic N) is 4. The van der Waals surface area contributed by atoms with E-state index in [0.717, 1.165) is 24.1 Å². The lowest BCUT2D eigenvalue weighted by molar-refractivity contribution is -0.121. The Hall–Kier alpha value is -3.39. The topological polar surface area (TPSA) is 81.8 Å². The Morgan fingerprint density at radius 1 is 1.18 bits per heavy atom. The number of amides is 1. The zero-order chi connectivity index (χ0) is 23.7. The Morgan fingerprint density at radius 3 is 2.79 bits per heavy atom. The summed E-state index contributed by atoms with van der Waals surface area (Å²) in [5.41, 5.74) is 4.84. The lowest BCUT2D eigenvalue weighted by Gasteiger charge is -2.14. The Bertz CT molecular complexity index is 1410. The molecule has 0 saturated heterocycles. The first-order valence-corrected chi connectivity index (χ1v) is 12.5. The van der Waals surface area contributed by atoms with Crippen molar-refractivity contribution in [3.8, 4) is 5.69 Å². The first-order chi connectivity index (χ1) is 16.5. The van der Waals surface area contributed by atoms with E-state index in [2.05, 4.69) is 28.6 Å². The van der Waals surface area contributed by atoms with Gasteiger partial charge in [0, 0.05) is 18.7 Å². The van der Waals surface area contributed by atoms with E-state index in [9.17, 15) is 9.59 Å². The molecule has 0 spiro atoms. The molecule has 1 aliphatic rings. The minimum absolute atomic E-state index is 0.0375. The van der Waals surface area contributed by atoms with Crippen molar-refractivity contribution >= 4 is 28.7 Å². The van der Waals surface area contributed by atoms with Gasteiger partial charge in [-0.05, 0) is 43.9 Å². The third kappa shape index (κ3) is 4.37. The molecule has 0 saturated carbocycles. The van der Waals surface area contributed by atoms with Crippen LogP contribution in [0, 0.1) is 13.8 Å². The first-order valence-electron chi connectivity index (χ1n) is 11.5. The summed E-state index contributed by atoms with van der Waals surface area (Å²) < 4.78 is 3.41. The van der Waals surface area contributed by atoms with E-state index in [1.807, 2.05) is 44.2 Å². The van der Waals surface area contributed by atoms with Gasteiger partial charge >= 0.3 is 0 Å². The monoisotopic (exact) mass is 473 g/mol. The molecule has 4 aromatic rings. The van der Waals surface area contributed by atoms with Crippen molar-refractivity contribution in [2.45, 2.75) is 44.3 Å². The molecular formula is C26H27N5O2S. The zero-order valence-corrected chi connectivity index (χ0v) is 20.1. The van der Waals surface area contributed by atoms with Crippen LogP contribution in [0.4, 0.5) is 0 Å². The maximum Gasteiger partial charge on any atom is 0.265 e. The molecule has 8 heteroatoms. The van der Waals surface area contributed by atoms with Gasteiger partial charge in [0.2, 0.25) is 5.91 Å². The number of thioether (sulfide) groups is 1. The molecule has 3 heterocycles. The molecule has 7 nitrogen and oxygen atoms in total. The lowest BCUT2D eigenvalue weighted by Crippen LogP contribution is -2.31. The van der Waals surface area contributed by atoms with Crippen LogP contribution in [-0.4, -0.2) is 37.5 Å². The second kappa shape index (κ2) is 9.46. The van der Waals surface area contributed by atoms with Gasteiger partial charge in [0.05, 0.1) is 17.9 Å². The Morgan fingerprint density at radius 2 is 2.00 bits per heavy atom. The van der Waals surface area contributed by atoms with Gasteiger partial charge < -0.3 is 5.32 Å². The fourth-order valence-electron chi connectivity index (χ4n) is 4.45. The zero-order valence-electron chi connectivity index (χ0n) is 19.3. The molecule has 1 amide bonds. The average molecular weight is 474 g/mol. The Balaban J connectivity index is 1.30. The summed E-state index contributed by atoms with van der Waals surface area (Å²) in [6, 6.07) is 16.2. The molecule has 34 heavy (non-hydrogen) atoms. The van der Waals surface area contributed by atoms with Crippen molar-refractivity contribution in [1.82, 2.24) is 24.6 Å². The number of carbonyl (C=O) groups excluding carboxylic acids is 1. The van der Waals surface area contributed by atoms with Crippen molar-refractivity contribution in [3.63, 3.8) is 0 Å². The van der Waals surface area contributed by atoms with Gasteiger partial charge in [0.1, 0.15) is 5.39 Å². The summed E-state index contributed by atoms with van der Waals surface area (Å²) in [5.74, 6) is 0.619. The lowest BCUT2D eigenvalue weighted by atomic mass is 10.1. The van der Waals surface area contributed by atoms with Gasteiger partial charge in [-0.25, -0.2) is 9.67 Å². The minimum Gasteiger partial charge on any atom is -0.356 e. The molecule has 2 aromatic carbocycles. The molecule has 5 rings (SSSR count). The van der Waals surface area contributed by atoms with E-state index < -0.39 is 0 Å². The highest BCUT2D eigenvalue weighted by Crippen LogP contribution is 2.33. The maximum atomic E-state index is 13.3. The molecule has 2 aromatic heterocycles. The third-order valence-electron chi connectivity index (χ3n) is 6.18. The summed E-state index contributed by atoms with van der Waals surface area (Å²) in [4.78, 5) is 30.7. The smallest absolute Gasteiger partial charge is 0.265 e. The largest absolute Gasteiger partial charge is 0.356 e. The van der Waals surface area contributed by atoms with E-state index in [0.29, 0.717) is 28.5 Å². The molecule has 0 fully saturated rings. The highest BCUT2D eigenvalue weighted by molar-refractivity contribution is 7.99. The molecule has 0 radical (unpaired) electrons. The minimum atomic E-state index is -0.206. The molecule has 1 aliphatic heterocycles. The molecule has 0 bridgehead atoms. The van der Waals surface area contributed by atoms with Crippen molar-refractivity contribution in [2.75, 3.05) is 12.3 Å². The van der Waals surface area contributed by atoms with Crippen molar-refractivity contribution < 1.29 is 4.79 Å². The molecular weight excluding hydrogens is 446 g/mol. The number of rotatable bonds is 7. The van der Waals surface area contributed by atoms with Crippen LogP contribution in [0.25, 0.3) is 16.7 Å². The second-order valence-electron chi connectivity index (χ2n) is 8.76. The van der Waals surface area contributed by atoms with E-state index in [1.54, 1.807) is 15.4 Å². The van der Waals surface area contributed by atoms with Crippen molar-refractivity contribution in [1.29, 1.82) is 0 Å². The summed E-state index contributed by atoms with van der Waals surface area (Å²) >= 11 is 1.52. The van der Waals surface area contributed by atoms with Crippen LogP contribution in [0.1, 0.15) is 35.6 Å². The van der Waals surface area contributed by atoms with Crippen LogP contribution in [-0.2, 0) is 11.2 Å². The Kier molecular flexibility index (Phi) is 6.24. The number of fused-ring (bicyclic) bond motifs is 2. The number of carbonyl (C=O) groups is 1. The maximum absolute atomic E-state index is 13.3. The molecule has 1 N–H and O–H groups in total. The van der Waals surface area contributed by atoms with E-state index in [1.165, 1.54) is 22.9 Å². The van der Waals surface area contributed by atoms with Gasteiger partial charge in [-0.3, -0.25) is 14.2 Å². The number of aryl methyl sites for hydroxylation is 3. The van der Waals surface area contributed by atoms with Crippen LogP contribution in [0.3, 0.4) is 0 Å². The fraction of sp³-hybridized carbons (Fsp3) is 0.308. The normalized spacial score (nSPS) is 14.9. The van der Waals surface area contributed by atoms with E-state index in [-0.39, 0.29) is 23.9 Å². The SMILES string of the molecule is Cc1ccc(-n2ncc3c(=O)n4c(nc32)SCC4CC(=O)NCCCc2ccccc2)c(C)c1. The number of hydrogen-bond acceptors (Lipinski definition) is 5. The molecule has 0 aliphatic carbocycles. The standard InChI is InChI=1S/C26H27N5O2S/c1-17-10-11-22(18(2)13-17)31-24-21(15-28-31)25(33)30-20(16-34-26(30)29-24)14-23(32)27-12-6-9-19-7-4-3-5-8-19/h3-5,7-8,10-11,13,15,20H,6,9,12,14,16H2,1-2H3,(H,27,32). The van der Waals surface area contributed by atoms with Gasteiger partial charge in [-0.1, -0.05) is 59.8 Å². The predicted molar refractivity (Wildman–Crippen MR) is 135 cm³/mol. The van der Waals surface area contributed by atoms with E-state index in [4.69, 9.17) is 4.98 Å². The Labute approximate surface area is 202 Å². The van der Waals surface area contributed by atoms with Crippen LogP contribution in [0.5, 0.6) is 0 Å². The number of benzene rings is 2. The van der Waals surface area contributed by atoms with Crippen molar-refractivity contribution in [2.24, 2.45) is 0 Å². The summed E-state index contributed by atoms with van der Waals surface area (Å²) in [5, 5.41) is 8.59. The van der Waals surface area contributed by atoms with Gasteiger partial charge in [0.25, 0.3) is 5.56 Å². The van der Waals surface area contributed by atoms with Crippen LogP contribution in [0.2, 0.25) is 0 Å². The first kappa shape index (κ1) is 22.4. The van der Waals surface area contributed by atoms with E-state index >= 15 is 0 Å². The quantitative estimate of drug-likeness (QED) is 0.324. The summed E-state index contributed by atoms with van der Waals surface area (Å²) in [6.45, 7) is 4.69. The van der Waals surface area contributed by atoms with Crippen molar-refractivity contribution in [3.05, 3.63) is 81.8 Å². The highest BCUT2D eigenvalue weighted by atomic mass is 32.2. The average Bonchev–Trinajstić information content (AvgIpc) is 3.42. The number of nitrogens with one attached hydrogen (secondary N) is 1. The summed E-state index contributed by atoms with van der Waals surface area (Å²) in [7, 11) is 0. The highest BCUT2D eigenvalue weighted by Gasteiger charge is 2.29. The number of hydrogen-bond donors (Lipinski definition) is 1. The fourth-order valence-corrected chi connectivity index (χ4v) is 5.58. The van der Waals surface area contributed by atoms with Crippen LogP contribution >= 0.6 is 11.8 Å². The predicted octanol–water partition coefficient (Wildman–Crippen LogP) is 3.98. The third-order valence-corrected chi connectivity index (χ3v) is 7.28. The second-order valence-corrected chi connectivity index (χ2v) is 9.75. The van der Waals surface area contributed by atoms with Gasteiger partial charge in [-0.15, -0.1) is 0 Å². The molecule has 1 atom stereocenters. The molecule has 174 valence electrons. The van der Waals surface area contributed by atoms with Crippen LogP contribution in [0.15, 0.2) is 64.7 Å². The number of aromatic nitrogens is 4.